The van der Waals surface area contributed by atoms with Gasteiger partial charge in [0.1, 0.15) is 0 Å². The van der Waals surface area contributed by atoms with Gasteiger partial charge < -0.3 is 4.98 Å². The fourth-order valence-electron chi connectivity index (χ4n) is 6.79. The van der Waals surface area contributed by atoms with Gasteiger partial charge in [0.25, 0.3) is 0 Å². The summed E-state index contributed by atoms with van der Waals surface area (Å²) in [5.41, 5.74) is 6.43. The molecular formula is C22H26N4. The van der Waals surface area contributed by atoms with Crippen molar-refractivity contribution >= 4 is 11.0 Å². The number of hydrogen-bond donors (Lipinski definition) is 1. The quantitative estimate of drug-likeness (QED) is 0.729. The SMILES string of the molecule is Cc1c(-c2ccc3nc[nH]c3c2)cnn1CC12CC3CC(CC(C3)C1)C2. The number of hydrogen-bond acceptors (Lipinski definition) is 2. The lowest BCUT2D eigenvalue weighted by molar-refractivity contribution is -0.0638. The molecule has 4 heteroatoms. The molecule has 0 amide bonds. The van der Waals surface area contributed by atoms with Gasteiger partial charge in [-0.3, -0.25) is 4.68 Å². The molecule has 0 unspecified atom stereocenters. The van der Waals surface area contributed by atoms with Gasteiger partial charge in [0.15, 0.2) is 0 Å². The van der Waals surface area contributed by atoms with E-state index in [1.54, 1.807) is 6.33 Å². The lowest BCUT2D eigenvalue weighted by Crippen LogP contribution is -2.48. The minimum atomic E-state index is 0.524. The van der Waals surface area contributed by atoms with E-state index >= 15 is 0 Å². The first-order valence-electron chi connectivity index (χ1n) is 10.1. The summed E-state index contributed by atoms with van der Waals surface area (Å²) in [4.78, 5) is 7.55. The Labute approximate surface area is 154 Å². The molecule has 2 aromatic heterocycles. The highest BCUT2D eigenvalue weighted by atomic mass is 15.3. The Bertz CT molecular complexity index is 944. The number of rotatable bonds is 3. The van der Waals surface area contributed by atoms with Crippen LogP contribution in [-0.4, -0.2) is 19.7 Å². The van der Waals surface area contributed by atoms with Gasteiger partial charge in [-0.15, -0.1) is 0 Å². The van der Waals surface area contributed by atoms with Crippen LogP contribution in [0.25, 0.3) is 22.2 Å². The van der Waals surface area contributed by atoms with E-state index in [1.165, 1.54) is 55.3 Å². The Balaban J connectivity index is 1.33. The molecule has 1 N–H and O–H groups in total. The number of aromatic amines is 1. The van der Waals surface area contributed by atoms with E-state index in [0.29, 0.717) is 5.41 Å². The van der Waals surface area contributed by atoms with Gasteiger partial charge in [-0.05, 0) is 86.3 Å². The number of H-pyrrole nitrogens is 1. The third-order valence-corrected chi connectivity index (χ3v) is 7.48. The number of imidazole rings is 1. The molecule has 0 radical (unpaired) electrons. The Morgan fingerprint density at radius 2 is 1.85 bits per heavy atom. The first-order valence-corrected chi connectivity index (χ1v) is 10.1. The van der Waals surface area contributed by atoms with Crippen LogP contribution in [0.3, 0.4) is 0 Å². The maximum Gasteiger partial charge on any atom is 0.0931 e. The number of fused-ring (bicyclic) bond motifs is 1. The average Bonchev–Trinajstić information content (AvgIpc) is 3.20. The highest BCUT2D eigenvalue weighted by Gasteiger charge is 2.51. The summed E-state index contributed by atoms with van der Waals surface area (Å²) in [6, 6.07) is 6.46. The lowest BCUT2D eigenvalue weighted by Gasteiger charge is -2.56. The second-order valence-corrected chi connectivity index (χ2v) is 9.35. The molecule has 3 aromatic rings. The van der Waals surface area contributed by atoms with E-state index in [9.17, 15) is 0 Å². The van der Waals surface area contributed by atoms with E-state index in [-0.39, 0.29) is 0 Å². The molecule has 4 aliphatic rings. The van der Waals surface area contributed by atoms with E-state index in [0.717, 1.165) is 35.3 Å². The van der Waals surface area contributed by atoms with Crippen molar-refractivity contribution in [3.63, 3.8) is 0 Å². The molecular weight excluding hydrogens is 320 g/mol. The minimum absolute atomic E-state index is 0.524. The first kappa shape index (κ1) is 15.0. The molecule has 4 saturated carbocycles. The summed E-state index contributed by atoms with van der Waals surface area (Å²) in [6.07, 6.45) is 12.7. The van der Waals surface area contributed by atoms with Crippen molar-refractivity contribution in [1.82, 2.24) is 19.7 Å². The monoisotopic (exact) mass is 346 g/mol. The largest absolute Gasteiger partial charge is 0.345 e. The Kier molecular flexibility index (Phi) is 3.01. The van der Waals surface area contributed by atoms with Crippen LogP contribution in [0.5, 0.6) is 0 Å². The highest BCUT2D eigenvalue weighted by molar-refractivity contribution is 5.81. The molecule has 0 aliphatic heterocycles. The number of aromatic nitrogens is 4. The summed E-state index contributed by atoms with van der Waals surface area (Å²) in [6.45, 7) is 3.36. The van der Waals surface area contributed by atoms with Gasteiger partial charge in [-0.2, -0.15) is 5.10 Å². The van der Waals surface area contributed by atoms with E-state index in [2.05, 4.69) is 46.0 Å². The van der Waals surface area contributed by atoms with Crippen molar-refractivity contribution in [2.45, 2.75) is 52.0 Å². The van der Waals surface area contributed by atoms with Crippen LogP contribution in [-0.2, 0) is 6.54 Å². The van der Waals surface area contributed by atoms with Gasteiger partial charge in [0.2, 0.25) is 0 Å². The molecule has 4 bridgehead atoms. The van der Waals surface area contributed by atoms with Crippen molar-refractivity contribution in [2.75, 3.05) is 0 Å². The molecule has 4 nitrogen and oxygen atoms in total. The maximum atomic E-state index is 4.83. The molecule has 4 aliphatic carbocycles. The summed E-state index contributed by atoms with van der Waals surface area (Å²) < 4.78 is 2.31. The van der Waals surface area contributed by atoms with Crippen LogP contribution in [0.15, 0.2) is 30.7 Å². The predicted octanol–water partition coefficient (Wildman–Crippen LogP) is 4.95. The normalized spacial score (nSPS) is 32.6. The molecule has 0 saturated heterocycles. The van der Waals surface area contributed by atoms with Crippen molar-refractivity contribution in [1.29, 1.82) is 0 Å². The van der Waals surface area contributed by atoms with Crippen LogP contribution in [0.1, 0.15) is 44.2 Å². The summed E-state index contributed by atoms with van der Waals surface area (Å²) in [5.74, 6) is 3.00. The minimum Gasteiger partial charge on any atom is -0.345 e. The van der Waals surface area contributed by atoms with E-state index in [4.69, 9.17) is 5.10 Å². The molecule has 0 atom stereocenters. The average molecular weight is 346 g/mol. The molecule has 26 heavy (non-hydrogen) atoms. The number of nitrogens with zero attached hydrogens (tertiary/aromatic N) is 3. The van der Waals surface area contributed by atoms with Gasteiger partial charge in [0, 0.05) is 17.8 Å². The van der Waals surface area contributed by atoms with Crippen molar-refractivity contribution in [3.8, 4) is 11.1 Å². The van der Waals surface area contributed by atoms with Crippen LogP contribution >= 0.6 is 0 Å². The summed E-state index contributed by atoms with van der Waals surface area (Å²) in [5, 5.41) is 4.83. The van der Waals surface area contributed by atoms with Gasteiger partial charge in [-0.1, -0.05) is 6.07 Å². The Morgan fingerprint density at radius 1 is 1.12 bits per heavy atom. The van der Waals surface area contributed by atoms with Crippen LogP contribution in [0, 0.1) is 30.1 Å². The molecule has 4 fully saturated rings. The predicted molar refractivity (Wildman–Crippen MR) is 103 cm³/mol. The second kappa shape index (κ2) is 5.21. The van der Waals surface area contributed by atoms with Gasteiger partial charge in [-0.25, -0.2) is 4.98 Å². The third kappa shape index (κ3) is 2.20. The van der Waals surface area contributed by atoms with Crippen LogP contribution in [0.2, 0.25) is 0 Å². The fraction of sp³-hybridized carbons (Fsp3) is 0.545. The number of benzene rings is 1. The smallest absolute Gasteiger partial charge is 0.0931 e. The lowest BCUT2D eigenvalue weighted by atomic mass is 9.49. The van der Waals surface area contributed by atoms with Crippen molar-refractivity contribution < 1.29 is 0 Å². The zero-order valence-corrected chi connectivity index (χ0v) is 15.4. The summed E-state index contributed by atoms with van der Waals surface area (Å²) >= 11 is 0. The second-order valence-electron chi connectivity index (χ2n) is 9.35. The van der Waals surface area contributed by atoms with Crippen LogP contribution in [0.4, 0.5) is 0 Å². The fourth-order valence-corrected chi connectivity index (χ4v) is 6.79. The highest BCUT2D eigenvalue weighted by Crippen LogP contribution is 2.60. The van der Waals surface area contributed by atoms with E-state index < -0.39 is 0 Å². The van der Waals surface area contributed by atoms with E-state index in [1.807, 2.05) is 0 Å². The Morgan fingerprint density at radius 3 is 2.58 bits per heavy atom. The molecule has 134 valence electrons. The van der Waals surface area contributed by atoms with Gasteiger partial charge >= 0.3 is 0 Å². The molecule has 0 spiro atoms. The third-order valence-electron chi connectivity index (χ3n) is 7.48. The number of nitrogens with one attached hydrogen (secondary N) is 1. The standard InChI is InChI=1S/C22H26N4/c1-14-19(18-2-3-20-21(7-18)24-13-23-20)11-25-26(14)12-22-8-15-4-16(9-22)6-17(5-15)10-22/h2-3,7,11,13,15-17H,4-6,8-10,12H2,1H3,(H,23,24). The van der Waals surface area contributed by atoms with Crippen molar-refractivity contribution in [2.24, 2.45) is 23.2 Å². The van der Waals surface area contributed by atoms with Crippen LogP contribution < -0.4 is 0 Å². The molecule has 7 rings (SSSR count). The van der Waals surface area contributed by atoms with Crippen molar-refractivity contribution in [3.05, 3.63) is 36.4 Å². The first-order chi connectivity index (χ1) is 12.7. The Hall–Kier alpha value is -2.10. The zero-order valence-electron chi connectivity index (χ0n) is 15.4. The molecule has 1 aromatic carbocycles. The zero-order chi connectivity index (χ0) is 17.3. The molecule has 2 heterocycles. The topological polar surface area (TPSA) is 46.5 Å². The maximum absolute atomic E-state index is 4.83. The van der Waals surface area contributed by atoms with Gasteiger partial charge in [0.05, 0.1) is 23.6 Å². The summed E-state index contributed by atoms with van der Waals surface area (Å²) in [7, 11) is 0.